The minimum Gasteiger partial charge on any atom is -0.507 e. The second kappa shape index (κ2) is 5.55. The number of benzene rings is 2. The summed E-state index contributed by atoms with van der Waals surface area (Å²) in [5.74, 6) is 0.251. The molecule has 0 saturated heterocycles. The zero-order valence-electron chi connectivity index (χ0n) is 9.50. The lowest BCUT2D eigenvalue weighted by Gasteiger charge is -1.97. The first-order valence-electron chi connectivity index (χ1n) is 5.31. The summed E-state index contributed by atoms with van der Waals surface area (Å²) in [5, 5.41) is 9.54. The van der Waals surface area contributed by atoms with Gasteiger partial charge in [-0.05, 0) is 31.2 Å². The van der Waals surface area contributed by atoms with Gasteiger partial charge in [0.1, 0.15) is 5.75 Å². The summed E-state index contributed by atoms with van der Waals surface area (Å²) in [7, 11) is 0. The molecule has 17 heavy (non-hydrogen) atoms. The fourth-order valence-corrected chi connectivity index (χ4v) is 1.89. The minimum absolute atomic E-state index is 0.251. The molecule has 0 spiro atoms. The van der Waals surface area contributed by atoms with Crippen LogP contribution in [0.2, 0.25) is 0 Å². The SMILES string of the molecule is Cc1ccc(S/N=C\c2ccccc2O)cc1. The Morgan fingerprint density at radius 2 is 1.76 bits per heavy atom. The average molecular weight is 243 g/mol. The van der Waals surface area contributed by atoms with Crippen LogP contribution < -0.4 is 0 Å². The molecule has 0 amide bonds. The van der Waals surface area contributed by atoms with Crippen LogP contribution in [0.15, 0.2) is 57.8 Å². The van der Waals surface area contributed by atoms with Gasteiger partial charge in [-0.1, -0.05) is 29.8 Å². The first kappa shape index (κ1) is 11.7. The molecular weight excluding hydrogens is 230 g/mol. The highest BCUT2D eigenvalue weighted by Crippen LogP contribution is 2.20. The number of hydrogen-bond acceptors (Lipinski definition) is 3. The number of aryl methyl sites for hydroxylation is 1. The van der Waals surface area contributed by atoms with Gasteiger partial charge in [0.25, 0.3) is 0 Å². The maximum atomic E-state index is 9.54. The van der Waals surface area contributed by atoms with Crippen molar-refractivity contribution in [3.63, 3.8) is 0 Å². The molecule has 0 bridgehead atoms. The Morgan fingerprint density at radius 3 is 2.47 bits per heavy atom. The number of rotatable bonds is 3. The largest absolute Gasteiger partial charge is 0.507 e. The molecule has 0 atom stereocenters. The van der Waals surface area contributed by atoms with Gasteiger partial charge in [0.15, 0.2) is 0 Å². The quantitative estimate of drug-likeness (QED) is 0.656. The molecule has 0 aromatic heterocycles. The molecule has 2 rings (SSSR count). The molecule has 2 aromatic rings. The molecule has 0 unspecified atom stereocenters. The summed E-state index contributed by atoms with van der Waals surface area (Å²) >= 11 is 1.39. The number of nitrogens with zero attached hydrogens (tertiary/aromatic N) is 1. The van der Waals surface area contributed by atoms with E-state index in [1.807, 2.05) is 24.3 Å². The number of phenolic OH excluding ortho intramolecular Hbond substituents is 1. The Bertz CT molecular complexity index is 520. The predicted octanol–water partition coefficient (Wildman–Crippen LogP) is 3.83. The number of hydrogen-bond donors (Lipinski definition) is 1. The highest BCUT2D eigenvalue weighted by Gasteiger charge is 1.95. The van der Waals surface area contributed by atoms with Gasteiger partial charge in [-0.25, -0.2) is 4.40 Å². The summed E-state index contributed by atoms with van der Waals surface area (Å²) in [5.41, 5.74) is 1.96. The van der Waals surface area contributed by atoms with E-state index in [-0.39, 0.29) is 5.75 Å². The van der Waals surface area contributed by atoms with E-state index in [4.69, 9.17) is 0 Å². The van der Waals surface area contributed by atoms with Gasteiger partial charge in [0, 0.05) is 28.6 Å². The first-order valence-corrected chi connectivity index (χ1v) is 6.08. The summed E-state index contributed by atoms with van der Waals surface area (Å²) in [4.78, 5) is 1.09. The Hall–Kier alpha value is -1.74. The monoisotopic (exact) mass is 243 g/mol. The molecule has 86 valence electrons. The van der Waals surface area contributed by atoms with Gasteiger partial charge >= 0.3 is 0 Å². The van der Waals surface area contributed by atoms with Crippen LogP contribution >= 0.6 is 11.9 Å². The molecule has 0 aliphatic carbocycles. The Labute approximate surface area is 105 Å². The van der Waals surface area contributed by atoms with Crippen molar-refractivity contribution >= 4 is 18.2 Å². The van der Waals surface area contributed by atoms with Crippen molar-refractivity contribution in [1.82, 2.24) is 0 Å². The van der Waals surface area contributed by atoms with Crippen LogP contribution in [-0.4, -0.2) is 11.3 Å². The number of para-hydroxylation sites is 1. The zero-order valence-corrected chi connectivity index (χ0v) is 10.3. The van der Waals surface area contributed by atoms with Crippen molar-refractivity contribution in [3.05, 3.63) is 59.7 Å². The van der Waals surface area contributed by atoms with Gasteiger partial charge in [-0.15, -0.1) is 0 Å². The van der Waals surface area contributed by atoms with Crippen molar-refractivity contribution in [2.45, 2.75) is 11.8 Å². The second-order valence-electron chi connectivity index (χ2n) is 3.70. The van der Waals surface area contributed by atoms with Gasteiger partial charge in [-0.2, -0.15) is 0 Å². The third-order valence-corrected chi connectivity index (χ3v) is 3.00. The molecule has 1 N–H and O–H groups in total. The summed E-state index contributed by atoms with van der Waals surface area (Å²) < 4.78 is 4.23. The van der Waals surface area contributed by atoms with Crippen LogP contribution in [0, 0.1) is 6.92 Å². The van der Waals surface area contributed by atoms with Crippen molar-refractivity contribution < 1.29 is 5.11 Å². The van der Waals surface area contributed by atoms with Gasteiger partial charge in [0.05, 0.1) is 0 Å². The molecule has 0 radical (unpaired) electrons. The lowest BCUT2D eigenvalue weighted by molar-refractivity contribution is 0.474. The predicted molar refractivity (Wildman–Crippen MR) is 72.7 cm³/mol. The van der Waals surface area contributed by atoms with Gasteiger partial charge in [-0.3, -0.25) is 0 Å². The van der Waals surface area contributed by atoms with E-state index in [2.05, 4.69) is 23.5 Å². The van der Waals surface area contributed by atoms with Crippen molar-refractivity contribution in [2.75, 3.05) is 0 Å². The first-order chi connectivity index (χ1) is 8.25. The van der Waals surface area contributed by atoms with Crippen molar-refractivity contribution in [1.29, 1.82) is 0 Å². The van der Waals surface area contributed by atoms with E-state index < -0.39 is 0 Å². The van der Waals surface area contributed by atoms with Gasteiger partial charge in [0.2, 0.25) is 0 Å². The minimum atomic E-state index is 0.251. The molecule has 0 saturated carbocycles. The average Bonchev–Trinajstić information content (AvgIpc) is 2.34. The van der Waals surface area contributed by atoms with E-state index in [1.54, 1.807) is 18.3 Å². The van der Waals surface area contributed by atoms with Crippen molar-refractivity contribution in [3.8, 4) is 5.75 Å². The third-order valence-electron chi connectivity index (χ3n) is 2.31. The van der Waals surface area contributed by atoms with Crippen LogP contribution in [0.5, 0.6) is 5.75 Å². The van der Waals surface area contributed by atoms with E-state index in [0.29, 0.717) is 0 Å². The standard InChI is InChI=1S/C14H13NOS/c1-11-6-8-13(9-7-11)17-15-10-12-4-2-3-5-14(12)16/h2-10,16H,1H3/b15-10-. The van der Waals surface area contributed by atoms with Crippen LogP contribution in [-0.2, 0) is 0 Å². The van der Waals surface area contributed by atoms with E-state index >= 15 is 0 Å². The normalized spacial score (nSPS) is 10.9. The smallest absolute Gasteiger partial charge is 0.124 e. The summed E-state index contributed by atoms with van der Waals surface area (Å²) in [6, 6.07) is 15.3. The maximum absolute atomic E-state index is 9.54. The molecule has 3 heteroatoms. The zero-order chi connectivity index (χ0) is 12.1. The molecule has 2 aromatic carbocycles. The van der Waals surface area contributed by atoms with E-state index in [0.717, 1.165) is 10.5 Å². The number of aromatic hydroxyl groups is 1. The van der Waals surface area contributed by atoms with E-state index in [9.17, 15) is 5.11 Å². The summed E-state index contributed by atoms with van der Waals surface area (Å²) in [6.07, 6.45) is 1.67. The number of phenols is 1. The Balaban J connectivity index is 2.03. The lowest BCUT2D eigenvalue weighted by Crippen LogP contribution is -1.80. The third kappa shape index (κ3) is 3.36. The molecule has 2 nitrogen and oxygen atoms in total. The fraction of sp³-hybridized carbons (Fsp3) is 0.0714. The van der Waals surface area contributed by atoms with Gasteiger partial charge < -0.3 is 5.11 Å². The molecule has 0 fully saturated rings. The molecule has 0 aliphatic heterocycles. The van der Waals surface area contributed by atoms with Crippen LogP contribution in [0.3, 0.4) is 0 Å². The van der Waals surface area contributed by atoms with Crippen LogP contribution in [0.1, 0.15) is 11.1 Å². The molecule has 0 aliphatic rings. The van der Waals surface area contributed by atoms with Crippen LogP contribution in [0.25, 0.3) is 0 Å². The molecule has 0 heterocycles. The Morgan fingerprint density at radius 1 is 1.06 bits per heavy atom. The maximum Gasteiger partial charge on any atom is 0.124 e. The lowest BCUT2D eigenvalue weighted by atomic mass is 10.2. The van der Waals surface area contributed by atoms with E-state index in [1.165, 1.54) is 17.5 Å². The fourth-order valence-electron chi connectivity index (χ4n) is 1.34. The summed E-state index contributed by atoms with van der Waals surface area (Å²) in [6.45, 7) is 2.06. The Kier molecular flexibility index (Phi) is 3.83. The highest BCUT2D eigenvalue weighted by atomic mass is 32.2. The van der Waals surface area contributed by atoms with Crippen LogP contribution in [0.4, 0.5) is 0 Å². The molecular formula is C14H13NOS. The topological polar surface area (TPSA) is 32.6 Å². The highest BCUT2D eigenvalue weighted by molar-refractivity contribution is 7.98. The van der Waals surface area contributed by atoms with Crippen molar-refractivity contribution in [2.24, 2.45) is 4.40 Å². The second-order valence-corrected chi connectivity index (χ2v) is 4.56.